The first-order valence-electron chi connectivity index (χ1n) is 18.1. The minimum absolute atomic E-state index is 0.258. The summed E-state index contributed by atoms with van der Waals surface area (Å²) >= 11 is 0. The smallest absolute Gasteiger partial charge is 0.0493 e. The van der Waals surface area contributed by atoms with E-state index in [1.807, 2.05) is 0 Å². The fourth-order valence-corrected chi connectivity index (χ4v) is 14.2. The van der Waals surface area contributed by atoms with E-state index >= 15 is 0 Å². The van der Waals surface area contributed by atoms with Crippen LogP contribution in [0.2, 0.25) is 0 Å². The molecule has 12 aliphatic carbocycles. The Morgan fingerprint density at radius 1 is 0.429 bits per heavy atom. The van der Waals surface area contributed by atoms with Crippen molar-refractivity contribution in [1.29, 1.82) is 0 Å². The lowest BCUT2D eigenvalue weighted by Gasteiger charge is -2.54. The highest BCUT2D eigenvalue weighted by Gasteiger charge is 2.52. The van der Waals surface area contributed by atoms with Gasteiger partial charge in [0.15, 0.2) is 0 Å². The standard InChI is InChI=1S/C42H47/c1-2-38(4-7-41-22-32-12-33(23-41)14-34(13-32)24-41)39(5-8-42-25-35-15-36(26-42)17-37(16-35)27-42)18-28(1)3-6-40-19-29-9-30(20-40)11-31(10-29)21-40/h1-2,29-37H,9-17,19-27H2. The van der Waals surface area contributed by atoms with E-state index in [2.05, 4.69) is 53.7 Å². The molecule has 0 spiro atoms. The van der Waals surface area contributed by atoms with Gasteiger partial charge in [0, 0.05) is 39.0 Å². The van der Waals surface area contributed by atoms with Crippen LogP contribution in [0.5, 0.6) is 0 Å². The molecule has 0 aromatic heterocycles. The van der Waals surface area contributed by atoms with Crippen LogP contribution in [0.3, 0.4) is 0 Å². The Morgan fingerprint density at radius 2 is 0.762 bits per heavy atom. The zero-order chi connectivity index (χ0) is 27.5. The predicted octanol–water partition coefficient (Wildman–Crippen LogP) is 9.19. The summed E-state index contributed by atoms with van der Waals surface area (Å²) in [6.07, 6.45) is 25.4. The van der Waals surface area contributed by atoms with Crippen LogP contribution in [0.4, 0.5) is 0 Å². The van der Waals surface area contributed by atoms with Gasteiger partial charge in [-0.2, -0.15) is 0 Å². The summed E-state index contributed by atoms with van der Waals surface area (Å²) in [5, 5.41) is 0. The molecule has 0 heteroatoms. The SMILES string of the molecule is C(#CC12CC3CC(CC(C3)C1)C2)c1[c]c(C#CC23CC4CC(CC(C4)C2)C3)c(C#CC23CC4CC(CC(C4)C2)C3)cc1. The lowest BCUT2D eigenvalue weighted by Crippen LogP contribution is -2.45. The average molecular weight is 552 g/mol. The van der Waals surface area contributed by atoms with Crippen molar-refractivity contribution in [1.82, 2.24) is 0 Å². The molecule has 0 nitrogen and oxygen atoms in total. The van der Waals surface area contributed by atoms with Crippen LogP contribution in [0.25, 0.3) is 0 Å². The lowest BCUT2D eigenvalue weighted by molar-refractivity contribution is -0.0182. The number of hydrogen-bond acceptors (Lipinski definition) is 0. The summed E-state index contributed by atoms with van der Waals surface area (Å²) in [7, 11) is 0. The molecule has 12 saturated carbocycles. The number of benzene rings is 1. The van der Waals surface area contributed by atoms with Gasteiger partial charge >= 0.3 is 0 Å². The Kier molecular flexibility index (Phi) is 5.40. The second-order valence-electron chi connectivity index (χ2n) is 18.0. The highest BCUT2D eigenvalue weighted by atomic mass is 14.6. The Labute approximate surface area is 255 Å². The van der Waals surface area contributed by atoms with Crippen LogP contribution in [0.15, 0.2) is 12.1 Å². The highest BCUT2D eigenvalue weighted by molar-refractivity contribution is 5.55. The molecule has 42 heavy (non-hydrogen) atoms. The van der Waals surface area contributed by atoms with Gasteiger partial charge in [-0.3, -0.25) is 0 Å². The average Bonchev–Trinajstić information content (AvgIpc) is 2.92. The van der Waals surface area contributed by atoms with Gasteiger partial charge in [-0.25, -0.2) is 0 Å². The van der Waals surface area contributed by atoms with E-state index in [-0.39, 0.29) is 16.2 Å². The molecule has 1 aromatic rings. The predicted molar refractivity (Wildman–Crippen MR) is 168 cm³/mol. The molecule has 13 rings (SSSR count). The lowest BCUT2D eigenvalue weighted by atomic mass is 9.50. The minimum Gasteiger partial charge on any atom is -0.0910 e. The van der Waals surface area contributed by atoms with Gasteiger partial charge < -0.3 is 0 Å². The molecule has 12 fully saturated rings. The van der Waals surface area contributed by atoms with E-state index in [0.29, 0.717) is 0 Å². The normalized spacial score (nSPS) is 49.6. The van der Waals surface area contributed by atoms with Crippen LogP contribution in [0.1, 0.15) is 132 Å². The first-order valence-corrected chi connectivity index (χ1v) is 18.1. The Bertz CT molecular complexity index is 1390. The Balaban J connectivity index is 1.00. The fraction of sp³-hybridized carbons (Fsp3) is 0.714. The maximum absolute atomic E-state index is 3.96. The molecule has 12 bridgehead atoms. The van der Waals surface area contributed by atoms with Gasteiger partial charge in [0.1, 0.15) is 0 Å². The van der Waals surface area contributed by atoms with Crippen LogP contribution >= 0.6 is 0 Å². The molecule has 1 radical (unpaired) electrons. The number of hydrogen-bond donors (Lipinski definition) is 0. The minimum atomic E-state index is 0.258. The first-order chi connectivity index (χ1) is 20.5. The van der Waals surface area contributed by atoms with Gasteiger partial charge in [-0.15, -0.1) is 0 Å². The zero-order valence-electron chi connectivity index (χ0n) is 25.6. The van der Waals surface area contributed by atoms with Crippen molar-refractivity contribution in [3.63, 3.8) is 0 Å². The first kappa shape index (κ1) is 25.2. The fourth-order valence-electron chi connectivity index (χ4n) is 14.2. The van der Waals surface area contributed by atoms with Crippen molar-refractivity contribution in [2.45, 2.75) is 116 Å². The summed E-state index contributed by atoms with van der Waals surface area (Å²) < 4.78 is 0. The molecule has 215 valence electrons. The summed E-state index contributed by atoms with van der Waals surface area (Å²) in [4.78, 5) is 0. The van der Waals surface area contributed by atoms with Crippen LogP contribution in [-0.2, 0) is 0 Å². The van der Waals surface area contributed by atoms with E-state index in [4.69, 9.17) is 0 Å². The summed E-state index contributed by atoms with van der Waals surface area (Å²) in [6, 6.07) is 8.29. The van der Waals surface area contributed by atoms with E-state index in [1.54, 1.807) is 0 Å². The summed E-state index contributed by atoms with van der Waals surface area (Å²) in [6.45, 7) is 0. The molecule has 0 saturated heterocycles. The van der Waals surface area contributed by atoms with Crippen molar-refractivity contribution in [3.05, 3.63) is 34.9 Å². The maximum Gasteiger partial charge on any atom is 0.0493 e. The van der Waals surface area contributed by atoms with Crippen molar-refractivity contribution >= 4 is 0 Å². The Morgan fingerprint density at radius 3 is 1.14 bits per heavy atom. The van der Waals surface area contributed by atoms with E-state index in [0.717, 1.165) is 70.0 Å². The molecule has 12 aliphatic rings. The third-order valence-electron chi connectivity index (χ3n) is 14.4. The quantitative estimate of drug-likeness (QED) is 0.282. The molecule has 0 N–H and O–H groups in total. The van der Waals surface area contributed by atoms with Gasteiger partial charge in [-0.1, -0.05) is 35.5 Å². The summed E-state index contributed by atoms with van der Waals surface area (Å²) in [5.74, 6) is 31.5. The largest absolute Gasteiger partial charge is 0.0910 e. The van der Waals surface area contributed by atoms with Crippen LogP contribution in [0, 0.1) is 111 Å². The highest BCUT2D eigenvalue weighted by Crippen LogP contribution is 2.62. The van der Waals surface area contributed by atoms with Crippen molar-refractivity contribution in [3.8, 4) is 35.5 Å². The topological polar surface area (TPSA) is 0 Å². The maximum atomic E-state index is 3.96. The molecule has 0 amide bonds. The van der Waals surface area contributed by atoms with Crippen molar-refractivity contribution < 1.29 is 0 Å². The van der Waals surface area contributed by atoms with Gasteiger partial charge in [0.2, 0.25) is 0 Å². The van der Waals surface area contributed by atoms with Gasteiger partial charge in [0.25, 0.3) is 0 Å². The molecule has 0 heterocycles. The van der Waals surface area contributed by atoms with Gasteiger partial charge in [0.05, 0.1) is 0 Å². The zero-order valence-corrected chi connectivity index (χ0v) is 25.6. The number of rotatable bonds is 0. The monoisotopic (exact) mass is 551 g/mol. The molecule has 0 aliphatic heterocycles. The third-order valence-corrected chi connectivity index (χ3v) is 14.4. The van der Waals surface area contributed by atoms with Crippen molar-refractivity contribution in [2.24, 2.45) is 69.5 Å². The van der Waals surface area contributed by atoms with E-state index < -0.39 is 0 Å². The van der Waals surface area contributed by atoms with E-state index in [9.17, 15) is 0 Å². The summed E-state index contributed by atoms with van der Waals surface area (Å²) in [5.41, 5.74) is 4.05. The molecule has 0 atom stereocenters. The second-order valence-corrected chi connectivity index (χ2v) is 18.0. The molecular weight excluding hydrogens is 504 g/mol. The third kappa shape index (κ3) is 4.27. The Hall–Kier alpha value is -2.10. The van der Waals surface area contributed by atoms with E-state index in [1.165, 1.54) is 116 Å². The second kappa shape index (κ2) is 8.98. The van der Waals surface area contributed by atoms with Gasteiger partial charge in [-0.05, 0) is 181 Å². The van der Waals surface area contributed by atoms with Crippen LogP contribution in [-0.4, -0.2) is 0 Å². The molecule has 1 aromatic carbocycles. The molecular formula is C42H47. The molecule has 0 unspecified atom stereocenters. The van der Waals surface area contributed by atoms with Crippen LogP contribution < -0.4 is 0 Å². The van der Waals surface area contributed by atoms with Crippen molar-refractivity contribution in [2.75, 3.05) is 0 Å².